The Morgan fingerprint density at radius 1 is 1.41 bits per heavy atom. The molecule has 0 amide bonds. The Bertz CT molecular complexity index is 491. The summed E-state index contributed by atoms with van der Waals surface area (Å²) in [6.45, 7) is 3.21. The molecule has 2 rings (SSSR count). The molecule has 0 spiro atoms. The lowest BCUT2D eigenvalue weighted by molar-refractivity contribution is 0.448. The van der Waals surface area contributed by atoms with Crippen LogP contribution in [0.15, 0.2) is 0 Å². The van der Waals surface area contributed by atoms with Crippen LogP contribution in [-0.2, 0) is 19.9 Å². The van der Waals surface area contributed by atoms with Gasteiger partial charge in [0.05, 0.1) is 16.8 Å². The number of sulfonamides is 1. The molecular weight excluding hydrogens is 264 g/mol. The van der Waals surface area contributed by atoms with E-state index in [4.69, 9.17) is 0 Å². The summed E-state index contributed by atoms with van der Waals surface area (Å²) < 4.78 is 49.4. The quantitative estimate of drug-likeness (QED) is 0.681. The minimum atomic E-state index is -3.54. The largest absolute Gasteiger partial charge is 0.315 e. The monoisotopic (exact) mass is 282 g/mol. The third-order valence-electron chi connectivity index (χ3n) is 3.39. The van der Waals surface area contributed by atoms with Crippen molar-refractivity contribution in [1.82, 2.24) is 10.0 Å². The molecule has 2 aliphatic heterocycles. The topological polar surface area (TPSA) is 92.3 Å². The van der Waals surface area contributed by atoms with Crippen LogP contribution in [0.5, 0.6) is 0 Å². The van der Waals surface area contributed by atoms with Crippen LogP contribution in [0.1, 0.15) is 19.8 Å². The molecule has 6 nitrogen and oxygen atoms in total. The first-order chi connectivity index (χ1) is 7.73. The van der Waals surface area contributed by atoms with Gasteiger partial charge in [0.2, 0.25) is 10.0 Å². The summed E-state index contributed by atoms with van der Waals surface area (Å²) in [6.07, 6.45) is 0.937. The molecule has 0 saturated carbocycles. The summed E-state index contributed by atoms with van der Waals surface area (Å²) >= 11 is 0. The maximum absolute atomic E-state index is 12.1. The lowest BCUT2D eigenvalue weighted by Crippen LogP contribution is -2.50. The molecule has 0 aromatic rings. The van der Waals surface area contributed by atoms with E-state index in [9.17, 15) is 16.8 Å². The lowest BCUT2D eigenvalue weighted by atomic mass is 10.0. The van der Waals surface area contributed by atoms with Crippen molar-refractivity contribution in [2.75, 3.05) is 24.6 Å². The van der Waals surface area contributed by atoms with Crippen LogP contribution in [0.25, 0.3) is 0 Å². The second-order valence-electron chi connectivity index (χ2n) is 5.16. The standard InChI is InChI=1S/C9H18N2O4S2/c1-9(3-4-10-7-9)11-17(14,15)8-2-5-16(12,13)6-8/h8,10-11H,2-7H2,1H3. The van der Waals surface area contributed by atoms with E-state index in [1.165, 1.54) is 0 Å². The predicted octanol–water partition coefficient (Wildman–Crippen LogP) is -1.16. The van der Waals surface area contributed by atoms with Crippen molar-refractivity contribution < 1.29 is 16.8 Å². The number of hydrogen-bond acceptors (Lipinski definition) is 5. The number of nitrogens with one attached hydrogen (secondary N) is 2. The van der Waals surface area contributed by atoms with Crippen LogP contribution >= 0.6 is 0 Å². The van der Waals surface area contributed by atoms with Gasteiger partial charge in [-0.1, -0.05) is 0 Å². The molecule has 0 aromatic carbocycles. The predicted molar refractivity (Wildman–Crippen MR) is 65.0 cm³/mol. The molecule has 0 radical (unpaired) electrons. The van der Waals surface area contributed by atoms with Crippen molar-refractivity contribution in [3.8, 4) is 0 Å². The van der Waals surface area contributed by atoms with E-state index >= 15 is 0 Å². The van der Waals surface area contributed by atoms with E-state index in [2.05, 4.69) is 10.0 Å². The van der Waals surface area contributed by atoms with E-state index < -0.39 is 30.6 Å². The van der Waals surface area contributed by atoms with Crippen LogP contribution in [-0.4, -0.2) is 52.2 Å². The Morgan fingerprint density at radius 3 is 2.59 bits per heavy atom. The lowest BCUT2D eigenvalue weighted by Gasteiger charge is -2.25. The number of sulfone groups is 1. The fourth-order valence-corrected chi connectivity index (χ4v) is 6.82. The molecule has 2 aliphatic rings. The summed E-state index contributed by atoms with van der Waals surface area (Å²) in [5.74, 6) is -0.265. The van der Waals surface area contributed by atoms with Crippen LogP contribution in [0.3, 0.4) is 0 Å². The van der Waals surface area contributed by atoms with Gasteiger partial charge in [-0.25, -0.2) is 21.6 Å². The minimum absolute atomic E-state index is 0.0203. The Labute approximate surface area is 102 Å². The Hall–Kier alpha value is -0.180. The molecule has 100 valence electrons. The molecular formula is C9H18N2O4S2. The average Bonchev–Trinajstić information content (AvgIpc) is 2.71. The highest BCUT2D eigenvalue weighted by molar-refractivity contribution is 7.95. The average molecular weight is 282 g/mol. The van der Waals surface area contributed by atoms with Gasteiger partial charge in [-0.2, -0.15) is 0 Å². The van der Waals surface area contributed by atoms with Gasteiger partial charge in [-0.3, -0.25) is 0 Å². The second kappa shape index (κ2) is 4.18. The van der Waals surface area contributed by atoms with Crippen LogP contribution in [0.2, 0.25) is 0 Å². The van der Waals surface area contributed by atoms with Crippen LogP contribution < -0.4 is 10.0 Å². The van der Waals surface area contributed by atoms with Crippen molar-refractivity contribution >= 4 is 19.9 Å². The molecule has 2 saturated heterocycles. The highest BCUT2D eigenvalue weighted by Crippen LogP contribution is 2.22. The zero-order chi connectivity index (χ0) is 12.7. The smallest absolute Gasteiger partial charge is 0.216 e. The van der Waals surface area contributed by atoms with Gasteiger partial charge in [-0.05, 0) is 26.3 Å². The Balaban J connectivity index is 2.10. The number of hydrogen-bond donors (Lipinski definition) is 2. The van der Waals surface area contributed by atoms with Gasteiger partial charge < -0.3 is 5.32 Å². The van der Waals surface area contributed by atoms with Crippen molar-refractivity contribution in [1.29, 1.82) is 0 Å². The van der Waals surface area contributed by atoms with Gasteiger partial charge in [0, 0.05) is 12.1 Å². The molecule has 8 heteroatoms. The SMILES string of the molecule is CC1(NS(=O)(=O)C2CCS(=O)(=O)C2)CCNC1. The molecule has 2 fully saturated rings. The molecule has 0 aromatic heterocycles. The van der Waals surface area contributed by atoms with Crippen molar-refractivity contribution in [2.24, 2.45) is 0 Å². The maximum atomic E-state index is 12.1. The molecule has 0 bridgehead atoms. The van der Waals surface area contributed by atoms with Gasteiger partial charge >= 0.3 is 0 Å². The van der Waals surface area contributed by atoms with Gasteiger partial charge in [-0.15, -0.1) is 0 Å². The van der Waals surface area contributed by atoms with E-state index in [-0.39, 0.29) is 17.9 Å². The third-order valence-corrected chi connectivity index (χ3v) is 7.42. The van der Waals surface area contributed by atoms with Gasteiger partial charge in [0.25, 0.3) is 0 Å². The molecule has 2 atom stereocenters. The van der Waals surface area contributed by atoms with E-state index in [1.807, 2.05) is 6.92 Å². The van der Waals surface area contributed by atoms with Crippen molar-refractivity contribution in [3.63, 3.8) is 0 Å². The molecule has 17 heavy (non-hydrogen) atoms. The van der Waals surface area contributed by atoms with Gasteiger partial charge in [0.1, 0.15) is 0 Å². The first-order valence-electron chi connectivity index (χ1n) is 5.66. The van der Waals surface area contributed by atoms with E-state index in [0.29, 0.717) is 6.54 Å². The Morgan fingerprint density at radius 2 is 2.12 bits per heavy atom. The summed E-state index contributed by atoms with van der Waals surface area (Å²) in [5, 5.41) is 2.31. The zero-order valence-electron chi connectivity index (χ0n) is 9.77. The number of rotatable bonds is 3. The van der Waals surface area contributed by atoms with Crippen LogP contribution in [0.4, 0.5) is 0 Å². The fraction of sp³-hybridized carbons (Fsp3) is 1.00. The normalized spacial score (nSPS) is 37.4. The molecule has 2 unspecified atom stereocenters. The first kappa shape index (κ1) is 13.3. The molecule has 0 aliphatic carbocycles. The molecule has 2 N–H and O–H groups in total. The fourth-order valence-electron chi connectivity index (χ4n) is 2.34. The van der Waals surface area contributed by atoms with Gasteiger partial charge in [0.15, 0.2) is 9.84 Å². The first-order valence-corrected chi connectivity index (χ1v) is 9.03. The second-order valence-corrected chi connectivity index (χ2v) is 9.35. The third kappa shape index (κ3) is 2.98. The molecule has 2 heterocycles. The summed E-state index contributed by atoms with van der Waals surface area (Å²) in [4.78, 5) is 0. The zero-order valence-corrected chi connectivity index (χ0v) is 11.4. The van der Waals surface area contributed by atoms with Crippen molar-refractivity contribution in [2.45, 2.75) is 30.6 Å². The Kier molecular flexibility index (Phi) is 3.26. The summed E-state index contributed by atoms with van der Waals surface area (Å²) in [6, 6.07) is 0. The summed E-state index contributed by atoms with van der Waals surface area (Å²) in [7, 11) is -6.71. The maximum Gasteiger partial charge on any atom is 0.216 e. The van der Waals surface area contributed by atoms with Crippen LogP contribution in [0, 0.1) is 0 Å². The van der Waals surface area contributed by atoms with E-state index in [1.54, 1.807) is 0 Å². The van der Waals surface area contributed by atoms with Crippen molar-refractivity contribution in [3.05, 3.63) is 0 Å². The highest BCUT2D eigenvalue weighted by atomic mass is 32.2. The summed E-state index contributed by atoms with van der Waals surface area (Å²) in [5.41, 5.74) is -0.481. The minimum Gasteiger partial charge on any atom is -0.315 e. The van der Waals surface area contributed by atoms with E-state index in [0.717, 1.165) is 13.0 Å². The highest BCUT2D eigenvalue weighted by Gasteiger charge is 2.41.